The van der Waals surface area contributed by atoms with Crippen LogP contribution in [0.4, 0.5) is 0 Å². The van der Waals surface area contributed by atoms with Crippen LogP contribution in [0.1, 0.15) is 13.8 Å². The number of aliphatic hydroxyl groups is 9. The molecule has 2 unspecified atom stereocenters. The van der Waals surface area contributed by atoms with Gasteiger partial charge in [-0.25, -0.2) is 0 Å². The topological polar surface area (TPSA) is 286 Å². The lowest BCUT2D eigenvalue weighted by Gasteiger charge is -2.49. The summed E-state index contributed by atoms with van der Waals surface area (Å²) >= 11 is 0. The molecule has 18 heteroatoms. The molecule has 0 aromatic rings. The van der Waals surface area contributed by atoms with E-state index in [0.29, 0.717) is 0 Å². The largest absolute Gasteiger partial charge is 0.394 e. The van der Waals surface area contributed by atoms with E-state index in [2.05, 4.69) is 10.6 Å². The SMILES string of the molecule is CC(=O)N[C@H]1C(O[C@H]2[C@@H](O)[C@@H](CO)OC(O)[C@@H]2NC(C)=O)O[C@H](CO)[C@@H](O[C@@H]2O[C@H](CO)[C@H](O)[C@H](O)[C@H]2O)[C@@H]1O. The molecule has 0 bridgehead atoms. The number of carbonyl (C=O) groups is 2. The molecule has 0 radical (unpaired) electrons. The van der Waals surface area contributed by atoms with Gasteiger partial charge in [-0.15, -0.1) is 0 Å². The molecule has 0 saturated carbocycles. The molecule has 3 rings (SSSR count). The average Bonchev–Trinajstić information content (AvgIpc) is 2.90. The maximum absolute atomic E-state index is 12.0. The number of amides is 2. The molecule has 3 aliphatic heterocycles. The third-order valence-corrected chi connectivity index (χ3v) is 6.90. The Bertz CT molecular complexity index is 852. The molecule has 232 valence electrons. The van der Waals surface area contributed by atoms with Gasteiger partial charge in [0.1, 0.15) is 73.1 Å². The highest BCUT2D eigenvalue weighted by atomic mass is 16.7. The van der Waals surface area contributed by atoms with Crippen molar-refractivity contribution in [3.05, 3.63) is 0 Å². The van der Waals surface area contributed by atoms with Gasteiger partial charge in [-0.3, -0.25) is 9.59 Å². The number of nitrogens with one attached hydrogen (secondary N) is 2. The first kappa shape index (κ1) is 32.9. The van der Waals surface area contributed by atoms with E-state index in [1.807, 2.05) is 0 Å². The molecule has 3 aliphatic rings. The third-order valence-electron chi connectivity index (χ3n) is 6.90. The normalized spacial score (nSPS) is 46.0. The van der Waals surface area contributed by atoms with Crippen LogP contribution >= 0.6 is 0 Å². The van der Waals surface area contributed by atoms with E-state index < -0.39 is 124 Å². The lowest BCUT2D eigenvalue weighted by molar-refractivity contribution is -0.359. The quantitative estimate of drug-likeness (QED) is 0.120. The Balaban J connectivity index is 1.87. The fourth-order valence-corrected chi connectivity index (χ4v) is 4.86. The maximum Gasteiger partial charge on any atom is 0.217 e. The molecule has 3 saturated heterocycles. The van der Waals surface area contributed by atoms with Gasteiger partial charge in [0.25, 0.3) is 0 Å². The first-order chi connectivity index (χ1) is 18.8. The second kappa shape index (κ2) is 14.0. The summed E-state index contributed by atoms with van der Waals surface area (Å²) in [5, 5.41) is 96.5. The number of carbonyl (C=O) groups excluding carboxylic acids is 2. The van der Waals surface area contributed by atoms with Gasteiger partial charge in [0.15, 0.2) is 18.9 Å². The van der Waals surface area contributed by atoms with Crippen LogP contribution < -0.4 is 10.6 Å². The van der Waals surface area contributed by atoms with Gasteiger partial charge in [0, 0.05) is 13.8 Å². The minimum Gasteiger partial charge on any atom is -0.394 e. The molecular weight excluding hydrogens is 548 g/mol. The number of ether oxygens (including phenoxy) is 5. The summed E-state index contributed by atoms with van der Waals surface area (Å²) in [6.07, 6.45) is -21.2. The zero-order valence-electron chi connectivity index (χ0n) is 21.7. The molecular formula is C22H38N2O16. The first-order valence-electron chi connectivity index (χ1n) is 12.6. The molecule has 2 amide bonds. The van der Waals surface area contributed by atoms with Crippen LogP contribution in [0, 0.1) is 0 Å². The summed E-state index contributed by atoms with van der Waals surface area (Å²) in [4.78, 5) is 23.7. The molecule has 15 atom stereocenters. The fraction of sp³-hybridized carbons (Fsp3) is 0.909. The second-order valence-electron chi connectivity index (χ2n) is 9.81. The molecule has 0 aromatic heterocycles. The smallest absolute Gasteiger partial charge is 0.217 e. The van der Waals surface area contributed by atoms with Crippen LogP contribution in [0.3, 0.4) is 0 Å². The van der Waals surface area contributed by atoms with Crippen LogP contribution in [-0.4, -0.2) is 170 Å². The van der Waals surface area contributed by atoms with Crippen molar-refractivity contribution in [3.63, 3.8) is 0 Å². The molecule has 3 fully saturated rings. The highest BCUT2D eigenvalue weighted by molar-refractivity contribution is 5.73. The van der Waals surface area contributed by atoms with Gasteiger partial charge >= 0.3 is 0 Å². The Morgan fingerprint density at radius 3 is 1.65 bits per heavy atom. The molecule has 0 aliphatic carbocycles. The molecule has 11 N–H and O–H groups in total. The van der Waals surface area contributed by atoms with Crippen molar-refractivity contribution < 1.29 is 79.2 Å². The molecule has 0 aromatic carbocycles. The fourth-order valence-electron chi connectivity index (χ4n) is 4.86. The number of rotatable bonds is 9. The van der Waals surface area contributed by atoms with Crippen molar-refractivity contribution in [3.8, 4) is 0 Å². The number of hydrogen-bond donors (Lipinski definition) is 11. The van der Waals surface area contributed by atoms with Crippen molar-refractivity contribution in [2.45, 2.75) is 106 Å². The Hall–Kier alpha value is -1.62. The molecule has 18 nitrogen and oxygen atoms in total. The van der Waals surface area contributed by atoms with Crippen LogP contribution in [0.2, 0.25) is 0 Å². The van der Waals surface area contributed by atoms with Crippen molar-refractivity contribution in [2.24, 2.45) is 0 Å². The minimum atomic E-state index is -1.86. The highest BCUT2D eigenvalue weighted by Gasteiger charge is 2.54. The van der Waals surface area contributed by atoms with E-state index in [4.69, 9.17) is 23.7 Å². The van der Waals surface area contributed by atoms with Gasteiger partial charge in [-0.2, -0.15) is 0 Å². The highest BCUT2D eigenvalue weighted by Crippen LogP contribution is 2.32. The van der Waals surface area contributed by atoms with Crippen molar-refractivity contribution in [2.75, 3.05) is 19.8 Å². The van der Waals surface area contributed by atoms with Crippen molar-refractivity contribution in [1.29, 1.82) is 0 Å². The second-order valence-corrected chi connectivity index (χ2v) is 9.81. The summed E-state index contributed by atoms with van der Waals surface area (Å²) in [6.45, 7) is -0.115. The van der Waals surface area contributed by atoms with Gasteiger partial charge in [0.2, 0.25) is 11.8 Å². The van der Waals surface area contributed by atoms with Crippen LogP contribution in [0.25, 0.3) is 0 Å². The van der Waals surface area contributed by atoms with E-state index in [-0.39, 0.29) is 0 Å². The summed E-state index contributed by atoms with van der Waals surface area (Å²) in [5.41, 5.74) is 0. The van der Waals surface area contributed by atoms with E-state index in [1.54, 1.807) is 0 Å². The van der Waals surface area contributed by atoms with Crippen molar-refractivity contribution >= 4 is 11.8 Å². The van der Waals surface area contributed by atoms with Crippen LogP contribution in [-0.2, 0) is 33.3 Å². The van der Waals surface area contributed by atoms with Crippen LogP contribution in [0.5, 0.6) is 0 Å². The van der Waals surface area contributed by atoms with Gasteiger partial charge < -0.3 is 80.3 Å². The maximum atomic E-state index is 12.0. The third kappa shape index (κ3) is 7.05. The Morgan fingerprint density at radius 1 is 0.600 bits per heavy atom. The zero-order chi connectivity index (χ0) is 29.9. The molecule has 3 heterocycles. The standard InChI is InChI=1S/C22H38N2O16/c1-6(28)23-11-15(32)18(39-22-17(34)16(33)13(30)8(3-25)37-22)10(5-27)38-21(11)40-19-12(24-7(2)29)20(35)36-9(4-26)14(19)31/h8-22,25-27,30-35H,3-5H2,1-2H3,(H,23,28)(H,24,29)/t8-,9-,10-,11-,12-,13+,14+,15-,16+,17-,18-,19-,20?,21?,22+/m1/s1. The van der Waals surface area contributed by atoms with E-state index in [9.17, 15) is 55.5 Å². The Kier molecular flexibility index (Phi) is 11.5. The minimum absolute atomic E-state index is 0.639. The number of hydrogen-bond acceptors (Lipinski definition) is 16. The Morgan fingerprint density at radius 2 is 1.10 bits per heavy atom. The van der Waals surface area contributed by atoms with Gasteiger partial charge in [-0.05, 0) is 0 Å². The van der Waals surface area contributed by atoms with Crippen molar-refractivity contribution in [1.82, 2.24) is 10.6 Å². The Labute approximate surface area is 228 Å². The summed E-state index contributed by atoms with van der Waals surface area (Å²) in [7, 11) is 0. The molecule has 40 heavy (non-hydrogen) atoms. The predicted molar refractivity (Wildman–Crippen MR) is 124 cm³/mol. The van der Waals surface area contributed by atoms with Gasteiger partial charge in [0.05, 0.1) is 19.8 Å². The summed E-state index contributed by atoms with van der Waals surface area (Å²) in [6, 6.07) is -2.89. The summed E-state index contributed by atoms with van der Waals surface area (Å²) < 4.78 is 27.6. The predicted octanol–water partition coefficient (Wildman–Crippen LogP) is -7.29. The van der Waals surface area contributed by atoms with E-state index in [1.165, 1.54) is 0 Å². The number of aliphatic hydroxyl groups excluding tert-OH is 9. The lowest BCUT2D eigenvalue weighted by atomic mass is 9.94. The first-order valence-corrected chi connectivity index (χ1v) is 12.6. The zero-order valence-corrected chi connectivity index (χ0v) is 21.7. The lowest BCUT2D eigenvalue weighted by Crippen LogP contribution is -2.70. The molecule has 0 spiro atoms. The monoisotopic (exact) mass is 586 g/mol. The van der Waals surface area contributed by atoms with Crippen LogP contribution in [0.15, 0.2) is 0 Å². The van der Waals surface area contributed by atoms with Gasteiger partial charge in [-0.1, -0.05) is 0 Å². The average molecular weight is 587 g/mol. The summed E-state index contributed by atoms with van der Waals surface area (Å²) in [5.74, 6) is -1.32. The van der Waals surface area contributed by atoms with E-state index >= 15 is 0 Å². The van der Waals surface area contributed by atoms with E-state index in [0.717, 1.165) is 13.8 Å².